The number of nitrogens with one attached hydrogen (secondary N) is 1. The smallest absolute Gasteiger partial charge is 0.408 e. The minimum atomic E-state index is -0.885. The van der Waals surface area contributed by atoms with Crippen LogP contribution in [0.2, 0.25) is 0 Å². The largest absolute Gasteiger partial charge is 0.465 e. The van der Waals surface area contributed by atoms with Crippen molar-refractivity contribution < 1.29 is 14.3 Å². The van der Waals surface area contributed by atoms with E-state index in [9.17, 15) is 9.90 Å². The number of H-pyrrole nitrogens is 1. The second kappa shape index (κ2) is 8.87. The Morgan fingerprint density at radius 3 is 2.32 bits per heavy atom. The summed E-state index contributed by atoms with van der Waals surface area (Å²) in [7, 11) is 0. The van der Waals surface area contributed by atoms with Crippen molar-refractivity contribution in [2.24, 2.45) is 0 Å². The van der Waals surface area contributed by atoms with Gasteiger partial charge >= 0.3 is 6.09 Å². The number of nitrogens with zero attached hydrogens (tertiary/aromatic N) is 3. The van der Waals surface area contributed by atoms with Crippen LogP contribution in [-0.2, 0) is 5.54 Å². The SMILES string of the molecule is CC(C)(C)N(C(=O)O)C1(c2ccc(-c3oc4ccnc(-c5cn[nH]c5)c4c3-c3ccccc3)cc2)CCC1. The number of carbonyl (C=O) groups is 1. The monoisotopic (exact) mass is 506 g/mol. The minimum absolute atomic E-state index is 0.513. The first kappa shape index (κ1) is 24.0. The van der Waals surface area contributed by atoms with Gasteiger partial charge in [-0.15, -0.1) is 0 Å². The van der Waals surface area contributed by atoms with E-state index in [1.807, 2.05) is 63.4 Å². The third-order valence-corrected chi connectivity index (χ3v) is 7.59. The van der Waals surface area contributed by atoms with E-state index in [4.69, 9.17) is 4.42 Å². The molecule has 0 atom stereocenters. The quantitative estimate of drug-likeness (QED) is 0.254. The van der Waals surface area contributed by atoms with Crippen LogP contribution in [0.4, 0.5) is 4.79 Å². The molecule has 38 heavy (non-hydrogen) atoms. The lowest BCUT2D eigenvalue weighted by Gasteiger charge is -2.54. The third kappa shape index (κ3) is 3.77. The van der Waals surface area contributed by atoms with Gasteiger partial charge in [0, 0.05) is 34.6 Å². The molecule has 3 aromatic heterocycles. The van der Waals surface area contributed by atoms with Crippen LogP contribution in [0.3, 0.4) is 0 Å². The molecule has 1 fully saturated rings. The fraction of sp³-hybridized carbons (Fsp3) is 0.258. The Morgan fingerprint density at radius 1 is 1.00 bits per heavy atom. The van der Waals surface area contributed by atoms with Gasteiger partial charge in [0.25, 0.3) is 0 Å². The number of aromatic nitrogens is 3. The van der Waals surface area contributed by atoms with Crippen molar-refractivity contribution in [3.63, 3.8) is 0 Å². The van der Waals surface area contributed by atoms with E-state index in [1.165, 1.54) is 0 Å². The average molecular weight is 507 g/mol. The number of hydrogen-bond acceptors (Lipinski definition) is 4. The zero-order valence-corrected chi connectivity index (χ0v) is 21.7. The maximum Gasteiger partial charge on any atom is 0.408 e. The zero-order valence-electron chi connectivity index (χ0n) is 21.7. The second-order valence-corrected chi connectivity index (χ2v) is 10.9. The average Bonchev–Trinajstić information content (AvgIpc) is 3.54. The number of amides is 1. The Balaban J connectivity index is 1.51. The highest BCUT2D eigenvalue weighted by molar-refractivity contribution is 6.08. The minimum Gasteiger partial charge on any atom is -0.465 e. The van der Waals surface area contributed by atoms with Crippen LogP contribution in [0.1, 0.15) is 45.6 Å². The van der Waals surface area contributed by atoms with Crippen molar-refractivity contribution >= 4 is 17.1 Å². The summed E-state index contributed by atoms with van der Waals surface area (Å²) in [5.41, 5.74) is 5.35. The highest BCUT2D eigenvalue weighted by Gasteiger charge is 2.50. The third-order valence-electron chi connectivity index (χ3n) is 7.59. The number of carboxylic acid groups (broad SMARTS) is 1. The summed E-state index contributed by atoms with van der Waals surface area (Å²) in [4.78, 5) is 18.7. The van der Waals surface area contributed by atoms with E-state index in [0.29, 0.717) is 0 Å². The van der Waals surface area contributed by atoms with Crippen LogP contribution < -0.4 is 0 Å². The van der Waals surface area contributed by atoms with Crippen molar-refractivity contribution in [3.05, 3.63) is 84.8 Å². The summed E-state index contributed by atoms with van der Waals surface area (Å²) < 4.78 is 6.51. The fourth-order valence-electron chi connectivity index (χ4n) is 5.92. The first-order valence-electron chi connectivity index (χ1n) is 12.9. The van der Waals surface area contributed by atoms with Gasteiger partial charge in [0.05, 0.1) is 22.8 Å². The predicted molar refractivity (Wildman–Crippen MR) is 148 cm³/mol. The van der Waals surface area contributed by atoms with Crippen molar-refractivity contribution in [3.8, 4) is 33.7 Å². The van der Waals surface area contributed by atoms with Crippen molar-refractivity contribution in [1.82, 2.24) is 20.1 Å². The number of rotatable bonds is 5. The van der Waals surface area contributed by atoms with Gasteiger partial charge in [-0.2, -0.15) is 5.10 Å². The lowest BCUT2D eigenvalue weighted by Crippen LogP contribution is -2.60. The summed E-state index contributed by atoms with van der Waals surface area (Å²) in [5.74, 6) is 0.754. The van der Waals surface area contributed by atoms with E-state index in [1.54, 1.807) is 17.3 Å². The molecule has 0 saturated heterocycles. The molecule has 6 rings (SSSR count). The molecule has 0 radical (unpaired) electrons. The van der Waals surface area contributed by atoms with Gasteiger partial charge in [-0.1, -0.05) is 54.6 Å². The number of aromatic amines is 1. The molecule has 1 aliphatic rings. The molecule has 0 unspecified atom stereocenters. The van der Waals surface area contributed by atoms with E-state index in [0.717, 1.165) is 69.5 Å². The summed E-state index contributed by atoms with van der Waals surface area (Å²) in [6.45, 7) is 5.88. The predicted octanol–water partition coefficient (Wildman–Crippen LogP) is 7.71. The van der Waals surface area contributed by atoms with E-state index in [2.05, 4.69) is 39.4 Å². The van der Waals surface area contributed by atoms with E-state index in [-0.39, 0.29) is 0 Å². The Morgan fingerprint density at radius 2 is 1.74 bits per heavy atom. The molecule has 3 heterocycles. The summed E-state index contributed by atoms with van der Waals surface area (Å²) in [6.07, 6.45) is 7.10. The molecule has 0 spiro atoms. The van der Waals surface area contributed by atoms with Crippen LogP contribution in [0, 0.1) is 0 Å². The van der Waals surface area contributed by atoms with Gasteiger partial charge in [0.1, 0.15) is 11.3 Å². The van der Waals surface area contributed by atoms with Crippen LogP contribution in [-0.4, -0.2) is 36.8 Å². The second-order valence-electron chi connectivity index (χ2n) is 10.9. The molecule has 0 aliphatic heterocycles. The van der Waals surface area contributed by atoms with Crippen LogP contribution >= 0.6 is 0 Å². The van der Waals surface area contributed by atoms with Gasteiger partial charge in [-0.3, -0.25) is 15.0 Å². The first-order valence-corrected chi connectivity index (χ1v) is 12.9. The zero-order chi connectivity index (χ0) is 26.5. The summed E-state index contributed by atoms with van der Waals surface area (Å²) in [6, 6.07) is 20.3. The number of fused-ring (bicyclic) bond motifs is 1. The van der Waals surface area contributed by atoms with E-state index < -0.39 is 17.2 Å². The topological polar surface area (TPSA) is 95.2 Å². The van der Waals surface area contributed by atoms with Gasteiger partial charge < -0.3 is 9.52 Å². The maximum absolute atomic E-state index is 12.4. The molecule has 2 aromatic carbocycles. The lowest BCUT2D eigenvalue weighted by atomic mass is 9.69. The van der Waals surface area contributed by atoms with Crippen LogP contribution in [0.25, 0.3) is 44.7 Å². The maximum atomic E-state index is 12.4. The molecule has 1 aliphatic carbocycles. The fourth-order valence-corrected chi connectivity index (χ4v) is 5.92. The Labute approximate surface area is 221 Å². The Hall–Kier alpha value is -4.39. The van der Waals surface area contributed by atoms with Gasteiger partial charge in [-0.05, 0) is 57.2 Å². The van der Waals surface area contributed by atoms with Crippen LogP contribution in [0.5, 0.6) is 0 Å². The number of furan rings is 1. The molecule has 5 aromatic rings. The van der Waals surface area contributed by atoms with Crippen molar-refractivity contribution in [1.29, 1.82) is 0 Å². The van der Waals surface area contributed by atoms with Crippen molar-refractivity contribution in [2.75, 3.05) is 0 Å². The molecule has 1 saturated carbocycles. The summed E-state index contributed by atoms with van der Waals surface area (Å²) in [5, 5.41) is 18.1. The lowest BCUT2D eigenvalue weighted by molar-refractivity contribution is -0.0328. The molecule has 192 valence electrons. The molecule has 7 heteroatoms. The number of hydrogen-bond donors (Lipinski definition) is 2. The standard InChI is InChI=1S/C31H30N4O3/c1-30(2,3)35(29(36)37)31(15-7-16-31)23-12-10-21(11-13-23)28-25(20-8-5-4-6-9-20)26-24(38-28)14-17-32-27(26)22-18-33-34-19-22/h4-6,8-14,17-19H,7,15-16H2,1-3H3,(H,33,34)(H,36,37). The molecular formula is C31H30N4O3. The highest BCUT2D eigenvalue weighted by Crippen LogP contribution is 2.50. The first-order chi connectivity index (χ1) is 18.3. The van der Waals surface area contributed by atoms with Gasteiger partial charge in [0.2, 0.25) is 0 Å². The number of pyridine rings is 1. The van der Waals surface area contributed by atoms with Crippen molar-refractivity contribution in [2.45, 2.75) is 51.1 Å². The van der Waals surface area contributed by atoms with Gasteiger partial charge in [0.15, 0.2) is 0 Å². The molecule has 0 bridgehead atoms. The van der Waals surface area contributed by atoms with Crippen LogP contribution in [0.15, 0.2) is 83.7 Å². The summed E-state index contributed by atoms with van der Waals surface area (Å²) >= 11 is 0. The highest BCUT2D eigenvalue weighted by atomic mass is 16.4. The Bertz CT molecular complexity index is 1590. The van der Waals surface area contributed by atoms with Gasteiger partial charge in [-0.25, -0.2) is 4.79 Å². The molecule has 2 N–H and O–H groups in total. The normalized spacial score (nSPS) is 14.8. The molecular weight excluding hydrogens is 476 g/mol. The molecule has 1 amide bonds. The molecule has 7 nitrogen and oxygen atoms in total. The number of benzene rings is 2. The Kier molecular flexibility index (Phi) is 5.60. The van der Waals surface area contributed by atoms with E-state index >= 15 is 0 Å².